The molecule has 0 amide bonds. The summed E-state index contributed by atoms with van der Waals surface area (Å²) in [5.74, 6) is 0. The zero-order valence-corrected chi connectivity index (χ0v) is 61.7. The average molecular weight is 1420 g/mol. The van der Waals surface area contributed by atoms with Gasteiger partial charge in [-0.25, -0.2) is 0 Å². The molecule has 15 aromatic carbocycles. The van der Waals surface area contributed by atoms with Crippen LogP contribution in [0.3, 0.4) is 0 Å². The molecule has 3 aliphatic rings. The first-order valence-corrected chi connectivity index (χ1v) is 37.9. The van der Waals surface area contributed by atoms with Crippen molar-refractivity contribution in [3.63, 3.8) is 0 Å². The minimum atomic E-state index is -0.310. The van der Waals surface area contributed by atoms with Gasteiger partial charge < -0.3 is 0 Å². The third-order valence-corrected chi connectivity index (χ3v) is 23.4. The van der Waals surface area contributed by atoms with Gasteiger partial charge in [0.05, 0.1) is 0 Å². The van der Waals surface area contributed by atoms with Crippen molar-refractivity contribution < 1.29 is 4.42 Å². The van der Waals surface area contributed by atoms with Crippen molar-refractivity contribution in [1.82, 2.24) is 4.57 Å². The fraction of sp³-hybridized carbons (Fsp3) is 0.0816. The Morgan fingerprint density at radius 2 is 0.717 bits per heavy atom. The molecule has 17 aromatic rings. The van der Waals surface area contributed by atoms with E-state index in [1.54, 1.807) is 0 Å². The van der Waals surface area contributed by atoms with Gasteiger partial charge in [0, 0.05) is 0 Å². The SMILES string of the molecule is CC(C)(C)c1ccc2c(c1)N(c1c(-c3ccccc3)cccc1-c1ccccc1)c1ccccc1B2c1cc2c(cc1[Se])N(c1c(-c3ccccc3)cccc1-c1ccccc1)c1cc(C(C)(C)C)cc3c1B2c1ccc(-n2c4ccccc4c4ccccc42)cc1N3c1cccc2c1oc1ccccc12. The van der Waals surface area contributed by atoms with E-state index >= 15 is 0 Å². The van der Waals surface area contributed by atoms with Gasteiger partial charge in [0.1, 0.15) is 0 Å². The molecule has 0 saturated heterocycles. The second-order valence-electron chi connectivity index (χ2n) is 30.8. The van der Waals surface area contributed by atoms with E-state index in [0.717, 1.165) is 128 Å². The minimum Gasteiger partial charge on any atom is -0.0614 e. The van der Waals surface area contributed by atoms with Gasteiger partial charge in [0.25, 0.3) is 0 Å². The van der Waals surface area contributed by atoms with Crippen LogP contribution in [0.25, 0.3) is 93.9 Å². The molecule has 3 aliphatic heterocycles. The van der Waals surface area contributed by atoms with Crippen LogP contribution in [-0.2, 0) is 10.8 Å². The molecule has 8 heteroatoms. The van der Waals surface area contributed by atoms with Crippen LogP contribution in [-0.4, -0.2) is 34.0 Å². The number of hydrogen-bond acceptors (Lipinski definition) is 4. The summed E-state index contributed by atoms with van der Waals surface area (Å²) in [6.07, 6.45) is 0. The van der Waals surface area contributed by atoms with Crippen molar-refractivity contribution in [2.24, 2.45) is 0 Å². The van der Waals surface area contributed by atoms with Gasteiger partial charge in [-0.2, -0.15) is 0 Å². The number of nitrogens with zero attached hydrogens (tertiary/aromatic N) is 4. The average Bonchev–Trinajstić information content (AvgIpc) is 1.24. The Bertz CT molecular complexity index is 6240. The van der Waals surface area contributed by atoms with Gasteiger partial charge in [-0.05, 0) is 6.07 Å². The zero-order chi connectivity index (χ0) is 71.3. The molecule has 0 spiro atoms. The van der Waals surface area contributed by atoms with E-state index < -0.39 is 0 Å². The monoisotopic (exact) mass is 1420 g/mol. The van der Waals surface area contributed by atoms with Crippen LogP contribution in [0.1, 0.15) is 52.7 Å². The van der Waals surface area contributed by atoms with Gasteiger partial charge >= 0.3 is 572 Å². The molecule has 5 nitrogen and oxygen atoms in total. The van der Waals surface area contributed by atoms with Gasteiger partial charge in [0.2, 0.25) is 0 Å². The number of rotatable bonds is 9. The maximum absolute atomic E-state index is 7.26. The molecule has 0 aliphatic carbocycles. The summed E-state index contributed by atoms with van der Waals surface area (Å²) in [6.45, 7) is 13.6. The van der Waals surface area contributed by atoms with Crippen LogP contribution in [0, 0.1) is 0 Å². The quantitative estimate of drug-likeness (QED) is 0.135. The van der Waals surface area contributed by atoms with E-state index in [4.69, 9.17) is 4.42 Å². The number of aromatic nitrogens is 1. The van der Waals surface area contributed by atoms with E-state index in [0.29, 0.717) is 0 Å². The first-order valence-electron chi connectivity index (χ1n) is 37.0. The Morgan fingerprint density at radius 3 is 1.29 bits per heavy atom. The number of benzene rings is 15. The third-order valence-electron chi connectivity index (χ3n) is 22.6. The van der Waals surface area contributed by atoms with Crippen LogP contribution in [0.4, 0.5) is 51.2 Å². The summed E-state index contributed by atoms with van der Waals surface area (Å²) in [5, 5.41) is 4.60. The number of para-hydroxylation sites is 7. The molecule has 2 aromatic heterocycles. The Kier molecular flexibility index (Phi) is 14.7. The zero-order valence-electron chi connectivity index (χ0n) is 60.0. The van der Waals surface area contributed by atoms with Crippen molar-refractivity contribution in [2.45, 2.75) is 52.4 Å². The van der Waals surface area contributed by atoms with Crippen molar-refractivity contribution in [3.8, 4) is 50.2 Å². The summed E-state index contributed by atoms with van der Waals surface area (Å²) in [4.78, 5) is 7.88. The van der Waals surface area contributed by atoms with Gasteiger partial charge in [-0.1, -0.05) is 54.6 Å². The van der Waals surface area contributed by atoms with Gasteiger partial charge in [0.15, 0.2) is 0 Å². The molecule has 106 heavy (non-hydrogen) atoms. The smallest absolute Gasteiger partial charge is 0.0614 e. The molecular weight excluding hydrogens is 1350 g/mol. The fourth-order valence-electron chi connectivity index (χ4n) is 17.7. The molecular formula is C98H73B2N4OSe. The van der Waals surface area contributed by atoms with Crippen LogP contribution in [0.15, 0.2) is 338 Å². The molecule has 0 fully saturated rings. The summed E-state index contributed by atoms with van der Waals surface area (Å²) >= 11 is 3.87. The summed E-state index contributed by atoms with van der Waals surface area (Å²) < 4.78 is 10.8. The van der Waals surface area contributed by atoms with Crippen LogP contribution < -0.4 is 51.9 Å². The Morgan fingerprint density at radius 1 is 0.292 bits per heavy atom. The molecule has 20 rings (SSSR count). The standard InChI is InChI=1S/C98H73B2N4OSe/c1-97(2,3)66-52-54-78-86(56-66)103(94-69(62-30-11-7-12-31-62)41-27-42-70(94)63-32-13-8-14-33-63)84-49-25-22-46-77(84)99(78)81-60-80-88(61-92(81)106)104(95-71(64-34-15-9-16-35-64)43-28-44-72(95)65-36-17-10-18-37-65)90-58-67(98(4,5)6)57-89-93(90)100(80)79-55-53-68(101-82-47-23-19-38-73(82)74-39-20-24-48-83(74)101)59-87(79)102(89)85-50-29-45-76-75-40-21-26-51-91(75)105-96(76)85/h7-61H,1-6H3. The van der Waals surface area contributed by atoms with Crippen LogP contribution in [0.5, 0.6) is 0 Å². The Hall–Kier alpha value is -12.1. The van der Waals surface area contributed by atoms with Crippen molar-refractivity contribution in [2.75, 3.05) is 14.7 Å². The first-order chi connectivity index (χ1) is 51.8. The predicted molar refractivity (Wildman–Crippen MR) is 452 cm³/mol. The van der Waals surface area contributed by atoms with E-state index in [1.165, 1.54) is 65.8 Å². The topological polar surface area (TPSA) is 27.8 Å². The molecule has 0 N–H and O–H groups in total. The summed E-state index contributed by atoms with van der Waals surface area (Å²) in [5.41, 5.74) is 33.6. The van der Waals surface area contributed by atoms with E-state index in [9.17, 15) is 0 Å². The summed E-state index contributed by atoms with van der Waals surface area (Å²) in [6, 6.07) is 125. The van der Waals surface area contributed by atoms with Crippen molar-refractivity contribution >= 4 is 162 Å². The summed E-state index contributed by atoms with van der Waals surface area (Å²) in [7, 11) is 0. The third kappa shape index (κ3) is 9.99. The molecule has 503 valence electrons. The fourth-order valence-corrected chi connectivity index (χ4v) is 18.3. The predicted octanol–water partition coefficient (Wildman–Crippen LogP) is 21.1. The second kappa shape index (κ2) is 24.5. The number of anilines is 9. The van der Waals surface area contributed by atoms with E-state index in [-0.39, 0.29) is 24.3 Å². The molecule has 0 unspecified atom stereocenters. The maximum atomic E-state index is 7.26. The molecule has 0 saturated carbocycles. The molecule has 0 atom stereocenters. The second-order valence-corrected chi connectivity index (χ2v) is 31.7. The number of hydrogen-bond donors (Lipinski definition) is 0. The van der Waals surface area contributed by atoms with Crippen molar-refractivity contribution in [3.05, 3.63) is 345 Å². The van der Waals surface area contributed by atoms with E-state index in [2.05, 4.69) is 410 Å². The Balaban J connectivity index is 0.916. The van der Waals surface area contributed by atoms with E-state index in [1.807, 2.05) is 0 Å². The van der Waals surface area contributed by atoms with Gasteiger partial charge in [-0.15, -0.1) is 0 Å². The molecule has 0 bridgehead atoms. The first kappa shape index (κ1) is 63.6. The van der Waals surface area contributed by atoms with Gasteiger partial charge in [-0.3, -0.25) is 0 Å². The normalized spacial score (nSPS) is 13.1. The van der Waals surface area contributed by atoms with Crippen LogP contribution in [0.2, 0.25) is 0 Å². The molecule has 5 heterocycles. The number of furan rings is 1. The number of fused-ring (bicyclic) bond motifs is 12. The Labute approximate surface area is 628 Å². The molecule has 1 radical (unpaired) electrons. The van der Waals surface area contributed by atoms with Crippen molar-refractivity contribution in [1.29, 1.82) is 0 Å². The van der Waals surface area contributed by atoms with Crippen LogP contribution >= 0.6 is 0 Å². The minimum absolute atomic E-state index is 0.167.